The quantitative estimate of drug-likeness (QED) is 0.696. The topological polar surface area (TPSA) is 34.9 Å². The van der Waals surface area contributed by atoms with Gasteiger partial charge in [-0.3, -0.25) is 4.79 Å². The highest BCUT2D eigenvalue weighted by molar-refractivity contribution is 5.85. The van der Waals surface area contributed by atoms with E-state index in [9.17, 15) is 4.79 Å². The van der Waals surface area contributed by atoms with Crippen LogP contribution in [0.25, 0.3) is 0 Å². The van der Waals surface area contributed by atoms with Crippen LogP contribution in [0.1, 0.15) is 19.2 Å². The number of hydrogen-bond donors (Lipinski definition) is 0. The van der Waals surface area contributed by atoms with Gasteiger partial charge in [0.25, 0.3) is 0 Å². The Kier molecular flexibility index (Phi) is 1.94. The molecule has 0 spiro atoms. The van der Waals surface area contributed by atoms with E-state index >= 15 is 0 Å². The van der Waals surface area contributed by atoms with Crippen molar-refractivity contribution in [3.05, 3.63) is 18.2 Å². The van der Waals surface area contributed by atoms with Gasteiger partial charge >= 0.3 is 0 Å². The Morgan fingerprint density at radius 3 is 2.92 bits per heavy atom. The fourth-order valence-corrected chi connectivity index (χ4v) is 1.62. The molecular weight excluding hydrogens is 164 g/mol. The molecule has 2 rings (SSSR count). The molecule has 3 heteroatoms. The number of Topliss-reactive ketones (excluding diaryl/α,β-unsaturated/α-hetero) is 1. The summed E-state index contributed by atoms with van der Waals surface area (Å²) in [6.45, 7) is 2.13. The Labute approximate surface area is 77.8 Å². The van der Waals surface area contributed by atoms with E-state index in [0.717, 1.165) is 12.2 Å². The molecule has 70 valence electrons. The van der Waals surface area contributed by atoms with E-state index in [1.165, 1.54) is 0 Å². The molecule has 0 N–H and O–H groups in total. The summed E-state index contributed by atoms with van der Waals surface area (Å²) in [6.07, 6.45) is 5.18. The van der Waals surface area contributed by atoms with Crippen molar-refractivity contribution in [1.29, 1.82) is 0 Å². The summed E-state index contributed by atoms with van der Waals surface area (Å²) in [4.78, 5) is 15.7. The van der Waals surface area contributed by atoms with E-state index in [-0.39, 0.29) is 0 Å². The van der Waals surface area contributed by atoms with Crippen LogP contribution in [-0.4, -0.2) is 15.3 Å². The minimum Gasteiger partial charge on any atom is -0.338 e. The van der Waals surface area contributed by atoms with Gasteiger partial charge in [0.05, 0.1) is 6.42 Å². The van der Waals surface area contributed by atoms with E-state index in [4.69, 9.17) is 0 Å². The highest BCUT2D eigenvalue weighted by atomic mass is 16.1. The number of carbonyl (C=O) groups is 1. The molecule has 1 aliphatic rings. The monoisotopic (exact) mass is 178 g/mol. The Balaban J connectivity index is 1.99. The zero-order chi connectivity index (χ0) is 9.42. The van der Waals surface area contributed by atoms with Crippen LogP contribution in [0.5, 0.6) is 0 Å². The fourth-order valence-electron chi connectivity index (χ4n) is 1.62. The van der Waals surface area contributed by atoms with Gasteiger partial charge < -0.3 is 4.57 Å². The van der Waals surface area contributed by atoms with Crippen molar-refractivity contribution in [3.8, 4) is 0 Å². The van der Waals surface area contributed by atoms with Crippen LogP contribution in [0.15, 0.2) is 12.4 Å². The number of ketones is 1. The smallest absolute Gasteiger partial charge is 0.143 e. The first kappa shape index (κ1) is 8.48. The van der Waals surface area contributed by atoms with Gasteiger partial charge in [-0.25, -0.2) is 4.98 Å². The first-order valence-corrected chi connectivity index (χ1v) is 4.67. The highest BCUT2D eigenvalue weighted by Crippen LogP contribution is 2.38. The molecule has 0 aromatic carbocycles. The minimum atomic E-state index is 0.316. The molecule has 1 aliphatic carbocycles. The van der Waals surface area contributed by atoms with E-state index in [1.54, 1.807) is 6.20 Å². The van der Waals surface area contributed by atoms with Crippen LogP contribution in [-0.2, 0) is 18.3 Å². The lowest BCUT2D eigenvalue weighted by Crippen LogP contribution is -2.10. The van der Waals surface area contributed by atoms with Gasteiger partial charge in [0.1, 0.15) is 11.6 Å². The third-order valence-corrected chi connectivity index (χ3v) is 2.78. The average molecular weight is 178 g/mol. The average Bonchev–Trinajstić information content (AvgIpc) is 2.68. The van der Waals surface area contributed by atoms with Gasteiger partial charge in [0, 0.05) is 25.4 Å². The summed E-state index contributed by atoms with van der Waals surface area (Å²) in [7, 11) is 1.92. The second-order valence-corrected chi connectivity index (χ2v) is 3.92. The molecule has 0 bridgehead atoms. The lowest BCUT2D eigenvalue weighted by atomic mass is 10.1. The second-order valence-electron chi connectivity index (χ2n) is 3.92. The van der Waals surface area contributed by atoms with Crippen molar-refractivity contribution in [2.24, 2.45) is 18.9 Å². The number of aryl methyl sites for hydroxylation is 1. The van der Waals surface area contributed by atoms with Gasteiger partial charge in [-0.1, -0.05) is 6.92 Å². The lowest BCUT2D eigenvalue weighted by molar-refractivity contribution is -0.120. The lowest BCUT2D eigenvalue weighted by Gasteiger charge is -1.99. The number of hydrogen-bond acceptors (Lipinski definition) is 2. The van der Waals surface area contributed by atoms with E-state index in [1.807, 2.05) is 17.8 Å². The van der Waals surface area contributed by atoms with E-state index in [2.05, 4.69) is 11.9 Å². The van der Waals surface area contributed by atoms with Crippen LogP contribution in [0.4, 0.5) is 0 Å². The molecule has 1 aromatic heterocycles. The number of rotatable bonds is 3. The van der Waals surface area contributed by atoms with Crippen molar-refractivity contribution in [2.45, 2.75) is 19.8 Å². The first-order valence-electron chi connectivity index (χ1n) is 4.67. The van der Waals surface area contributed by atoms with Crippen LogP contribution >= 0.6 is 0 Å². The van der Waals surface area contributed by atoms with Crippen LogP contribution < -0.4 is 0 Å². The SMILES string of the molecule is CC1CC1C(=O)Cc1nccn1C. The van der Waals surface area contributed by atoms with Gasteiger partial charge in [0.2, 0.25) is 0 Å². The van der Waals surface area contributed by atoms with Gasteiger partial charge in [-0.2, -0.15) is 0 Å². The Hall–Kier alpha value is -1.12. The molecule has 2 atom stereocenters. The molecule has 1 fully saturated rings. The normalized spacial score (nSPS) is 26.0. The fraction of sp³-hybridized carbons (Fsp3) is 0.600. The van der Waals surface area contributed by atoms with Gasteiger partial charge in [-0.15, -0.1) is 0 Å². The number of imidazole rings is 1. The first-order chi connectivity index (χ1) is 6.18. The zero-order valence-electron chi connectivity index (χ0n) is 8.03. The number of nitrogens with zero attached hydrogens (tertiary/aromatic N) is 2. The van der Waals surface area contributed by atoms with Gasteiger partial charge in [0.15, 0.2) is 0 Å². The van der Waals surface area contributed by atoms with Gasteiger partial charge in [-0.05, 0) is 12.3 Å². The number of carbonyl (C=O) groups excluding carboxylic acids is 1. The molecule has 0 aliphatic heterocycles. The summed E-state index contributed by atoms with van der Waals surface area (Å²) >= 11 is 0. The van der Waals surface area contributed by atoms with Crippen molar-refractivity contribution in [2.75, 3.05) is 0 Å². The van der Waals surface area contributed by atoms with Crippen molar-refractivity contribution >= 4 is 5.78 Å². The molecule has 3 nitrogen and oxygen atoms in total. The third-order valence-electron chi connectivity index (χ3n) is 2.78. The molecule has 1 aromatic rings. The maximum Gasteiger partial charge on any atom is 0.143 e. The summed E-state index contributed by atoms with van der Waals surface area (Å²) in [5, 5.41) is 0. The van der Waals surface area contributed by atoms with E-state index < -0.39 is 0 Å². The van der Waals surface area contributed by atoms with Crippen LogP contribution in [0.2, 0.25) is 0 Å². The van der Waals surface area contributed by atoms with Crippen LogP contribution in [0, 0.1) is 11.8 Å². The predicted octanol–water partition coefficient (Wildman–Crippen LogP) is 1.19. The third kappa shape index (κ3) is 1.64. The molecule has 0 amide bonds. The highest BCUT2D eigenvalue weighted by Gasteiger charge is 2.38. The zero-order valence-corrected chi connectivity index (χ0v) is 8.03. The largest absolute Gasteiger partial charge is 0.338 e. The van der Waals surface area contributed by atoms with Crippen molar-refractivity contribution in [1.82, 2.24) is 9.55 Å². The molecule has 2 unspecified atom stereocenters. The van der Waals surface area contributed by atoms with E-state index in [0.29, 0.717) is 24.0 Å². The Morgan fingerprint density at radius 1 is 1.77 bits per heavy atom. The number of aromatic nitrogens is 2. The van der Waals surface area contributed by atoms with Crippen molar-refractivity contribution < 1.29 is 4.79 Å². The summed E-state index contributed by atoms with van der Waals surface area (Å²) in [5.74, 6) is 2.15. The predicted molar refractivity (Wildman–Crippen MR) is 49.2 cm³/mol. The Morgan fingerprint density at radius 2 is 2.46 bits per heavy atom. The van der Waals surface area contributed by atoms with Crippen LogP contribution in [0.3, 0.4) is 0 Å². The molecule has 0 radical (unpaired) electrons. The second kappa shape index (κ2) is 2.98. The summed E-state index contributed by atoms with van der Waals surface area (Å²) < 4.78 is 1.91. The van der Waals surface area contributed by atoms with Crippen molar-refractivity contribution in [3.63, 3.8) is 0 Å². The minimum absolute atomic E-state index is 0.316. The maximum absolute atomic E-state index is 11.6. The Bertz CT molecular complexity index is 329. The molecule has 1 heterocycles. The molecular formula is C10H14N2O. The molecule has 0 saturated heterocycles. The summed E-state index contributed by atoms with van der Waals surface area (Å²) in [5.41, 5.74) is 0. The molecule has 1 saturated carbocycles. The molecule has 13 heavy (non-hydrogen) atoms. The maximum atomic E-state index is 11.6. The summed E-state index contributed by atoms with van der Waals surface area (Å²) in [6, 6.07) is 0. The standard InChI is InChI=1S/C10H14N2O/c1-7-5-8(7)9(13)6-10-11-3-4-12(10)2/h3-4,7-8H,5-6H2,1-2H3.